The second kappa shape index (κ2) is 8.87. The first-order valence-electron chi connectivity index (χ1n) is 10.4. The van der Waals surface area contributed by atoms with E-state index in [9.17, 15) is 14.4 Å². The van der Waals surface area contributed by atoms with E-state index in [0.717, 1.165) is 21.4 Å². The third-order valence-corrected chi connectivity index (χ3v) is 5.97. The molecule has 3 aromatic heterocycles. The van der Waals surface area contributed by atoms with Gasteiger partial charge in [-0.25, -0.2) is 4.79 Å². The minimum atomic E-state index is -0.495. The van der Waals surface area contributed by atoms with Crippen LogP contribution in [0.4, 0.5) is 0 Å². The highest BCUT2D eigenvalue weighted by atomic mass is 32.1. The van der Waals surface area contributed by atoms with Crippen LogP contribution in [-0.4, -0.2) is 27.2 Å². The SMILES string of the molecule is CCOC(=O)c1ccc(-c2ccc(C=c3sc4nc(=O)c(-c5ccccc5)nn4c3=O)o2)cc1. The predicted octanol–water partition coefficient (Wildman–Crippen LogP) is 3.16. The molecular weight excluding hydrogens is 454 g/mol. The quantitative estimate of drug-likeness (QED) is 0.363. The monoisotopic (exact) mass is 471 g/mol. The van der Waals surface area contributed by atoms with E-state index in [-0.39, 0.29) is 22.2 Å². The van der Waals surface area contributed by atoms with Crippen LogP contribution in [0.2, 0.25) is 0 Å². The summed E-state index contributed by atoms with van der Waals surface area (Å²) in [7, 11) is 0. The standard InChI is InChI=1S/C25H17N3O5S/c1-2-32-24(31)17-10-8-15(9-11-17)19-13-12-18(33-19)14-20-23(30)28-25(34-20)26-22(29)21(27-28)16-6-4-3-5-7-16/h3-14H,2H2,1H3. The highest BCUT2D eigenvalue weighted by Gasteiger charge is 2.13. The molecule has 0 N–H and O–H groups in total. The lowest BCUT2D eigenvalue weighted by Gasteiger charge is -2.02. The summed E-state index contributed by atoms with van der Waals surface area (Å²) in [6.45, 7) is 2.06. The number of furan rings is 1. The van der Waals surface area contributed by atoms with Crippen LogP contribution in [0.1, 0.15) is 23.0 Å². The van der Waals surface area contributed by atoms with Gasteiger partial charge in [-0.1, -0.05) is 53.8 Å². The molecule has 34 heavy (non-hydrogen) atoms. The Bertz CT molecular complexity index is 1670. The van der Waals surface area contributed by atoms with Gasteiger partial charge >= 0.3 is 11.5 Å². The Balaban J connectivity index is 1.49. The maximum Gasteiger partial charge on any atom is 0.338 e. The first kappa shape index (κ1) is 21.5. The maximum absolute atomic E-state index is 12.9. The van der Waals surface area contributed by atoms with Crippen LogP contribution in [0.5, 0.6) is 0 Å². The van der Waals surface area contributed by atoms with Crippen LogP contribution in [0, 0.1) is 0 Å². The fourth-order valence-electron chi connectivity index (χ4n) is 3.39. The second-order valence-corrected chi connectivity index (χ2v) is 8.25. The van der Waals surface area contributed by atoms with Crippen molar-refractivity contribution in [3.05, 3.63) is 103 Å². The molecular formula is C25H17N3O5S. The van der Waals surface area contributed by atoms with Crippen molar-refractivity contribution in [3.63, 3.8) is 0 Å². The summed E-state index contributed by atoms with van der Waals surface area (Å²) in [5.74, 6) is 0.651. The Morgan fingerprint density at radius 3 is 2.53 bits per heavy atom. The molecule has 0 unspecified atom stereocenters. The van der Waals surface area contributed by atoms with Gasteiger partial charge in [-0.3, -0.25) is 9.59 Å². The van der Waals surface area contributed by atoms with Crippen LogP contribution in [0.25, 0.3) is 33.6 Å². The molecule has 168 valence electrons. The number of hydrogen-bond donors (Lipinski definition) is 0. The number of carbonyl (C=O) groups is 1. The topological polar surface area (TPSA) is 104 Å². The summed E-state index contributed by atoms with van der Waals surface area (Å²) >= 11 is 1.06. The Hall–Kier alpha value is -4.37. The molecule has 0 saturated heterocycles. The number of aromatic nitrogens is 3. The first-order valence-corrected chi connectivity index (χ1v) is 11.2. The first-order chi connectivity index (χ1) is 16.5. The summed E-state index contributed by atoms with van der Waals surface area (Å²) in [6.07, 6.45) is 1.59. The van der Waals surface area contributed by atoms with Gasteiger partial charge in [-0.15, -0.1) is 0 Å². The van der Waals surface area contributed by atoms with Crippen molar-refractivity contribution < 1.29 is 13.9 Å². The zero-order chi connectivity index (χ0) is 23.7. The van der Waals surface area contributed by atoms with Crippen molar-refractivity contribution in [2.24, 2.45) is 0 Å². The number of esters is 1. The molecule has 0 amide bonds. The van der Waals surface area contributed by atoms with E-state index in [2.05, 4.69) is 10.1 Å². The van der Waals surface area contributed by atoms with Gasteiger partial charge in [0.25, 0.3) is 5.56 Å². The Kier molecular flexibility index (Phi) is 5.60. The van der Waals surface area contributed by atoms with E-state index in [1.54, 1.807) is 73.7 Å². The third-order valence-electron chi connectivity index (χ3n) is 5.01. The summed E-state index contributed by atoms with van der Waals surface area (Å²) < 4.78 is 12.3. The zero-order valence-corrected chi connectivity index (χ0v) is 18.7. The van der Waals surface area contributed by atoms with Crippen LogP contribution >= 0.6 is 11.3 Å². The normalized spacial score (nSPS) is 11.7. The number of fused-ring (bicyclic) bond motifs is 1. The van der Waals surface area contributed by atoms with Crippen LogP contribution in [0.3, 0.4) is 0 Å². The molecule has 0 fully saturated rings. The van der Waals surface area contributed by atoms with Gasteiger partial charge in [0.1, 0.15) is 16.1 Å². The van der Waals surface area contributed by atoms with Crippen LogP contribution in [-0.2, 0) is 4.74 Å². The Labute approximate surface area is 196 Å². The molecule has 5 aromatic rings. The molecule has 2 aromatic carbocycles. The number of rotatable bonds is 5. The minimum Gasteiger partial charge on any atom is -0.462 e. The summed E-state index contributed by atoms with van der Waals surface area (Å²) in [5.41, 5.74) is 1.05. The van der Waals surface area contributed by atoms with Gasteiger partial charge in [0, 0.05) is 17.2 Å². The molecule has 0 aliphatic heterocycles. The lowest BCUT2D eigenvalue weighted by molar-refractivity contribution is 0.0526. The molecule has 0 atom stereocenters. The minimum absolute atomic E-state index is 0.117. The largest absolute Gasteiger partial charge is 0.462 e. The highest BCUT2D eigenvalue weighted by molar-refractivity contribution is 7.15. The van der Waals surface area contributed by atoms with E-state index in [4.69, 9.17) is 9.15 Å². The van der Waals surface area contributed by atoms with E-state index >= 15 is 0 Å². The molecule has 0 bridgehead atoms. The molecule has 0 radical (unpaired) electrons. The summed E-state index contributed by atoms with van der Waals surface area (Å²) in [4.78, 5) is 41.4. The summed E-state index contributed by atoms with van der Waals surface area (Å²) in [5, 5.41) is 4.25. The van der Waals surface area contributed by atoms with Gasteiger partial charge < -0.3 is 9.15 Å². The third kappa shape index (κ3) is 4.04. The van der Waals surface area contributed by atoms with Crippen molar-refractivity contribution in [2.75, 3.05) is 6.61 Å². The number of ether oxygens (including phenoxy) is 1. The van der Waals surface area contributed by atoms with Gasteiger partial charge in [-0.2, -0.15) is 14.6 Å². The fraction of sp³-hybridized carbons (Fsp3) is 0.0800. The predicted molar refractivity (Wildman–Crippen MR) is 128 cm³/mol. The molecule has 0 aliphatic rings. The smallest absolute Gasteiger partial charge is 0.338 e. The van der Waals surface area contributed by atoms with Crippen molar-refractivity contribution in [2.45, 2.75) is 6.92 Å². The molecule has 0 saturated carbocycles. The highest BCUT2D eigenvalue weighted by Crippen LogP contribution is 2.23. The van der Waals surface area contributed by atoms with Crippen LogP contribution in [0.15, 0.2) is 80.7 Å². The number of thiazole rings is 1. The molecule has 9 heteroatoms. The lowest BCUT2D eigenvalue weighted by Crippen LogP contribution is -2.26. The molecule has 3 heterocycles. The average Bonchev–Trinajstić information content (AvgIpc) is 3.44. The van der Waals surface area contributed by atoms with Gasteiger partial charge in [0.15, 0.2) is 5.69 Å². The van der Waals surface area contributed by atoms with E-state index < -0.39 is 5.56 Å². The van der Waals surface area contributed by atoms with E-state index in [1.807, 2.05) is 6.07 Å². The van der Waals surface area contributed by atoms with Gasteiger partial charge in [-0.05, 0) is 31.2 Å². The number of nitrogens with zero attached hydrogens (tertiary/aromatic N) is 3. The zero-order valence-electron chi connectivity index (χ0n) is 17.9. The van der Waals surface area contributed by atoms with E-state index in [0.29, 0.717) is 33.8 Å². The summed E-state index contributed by atoms with van der Waals surface area (Å²) in [6, 6.07) is 19.3. The number of hydrogen-bond acceptors (Lipinski definition) is 8. The van der Waals surface area contributed by atoms with E-state index in [1.165, 1.54) is 0 Å². The maximum atomic E-state index is 12.9. The lowest BCUT2D eigenvalue weighted by atomic mass is 10.1. The van der Waals surface area contributed by atoms with Crippen molar-refractivity contribution >= 4 is 28.3 Å². The molecule has 5 rings (SSSR count). The Morgan fingerprint density at radius 1 is 1.03 bits per heavy atom. The van der Waals surface area contributed by atoms with Gasteiger partial charge in [0.05, 0.1) is 12.2 Å². The van der Waals surface area contributed by atoms with Crippen molar-refractivity contribution in [3.8, 4) is 22.6 Å². The van der Waals surface area contributed by atoms with Crippen LogP contribution < -0.4 is 15.7 Å². The Morgan fingerprint density at radius 2 is 1.79 bits per heavy atom. The second-order valence-electron chi connectivity index (χ2n) is 7.24. The van der Waals surface area contributed by atoms with Crippen molar-refractivity contribution in [1.82, 2.24) is 14.6 Å². The number of benzene rings is 2. The average molecular weight is 471 g/mol. The molecule has 0 spiro atoms. The molecule has 8 nitrogen and oxygen atoms in total. The number of carbonyl (C=O) groups excluding carboxylic acids is 1. The fourth-order valence-corrected chi connectivity index (χ4v) is 4.27. The van der Waals surface area contributed by atoms with Crippen molar-refractivity contribution in [1.29, 1.82) is 0 Å². The van der Waals surface area contributed by atoms with Gasteiger partial charge in [0.2, 0.25) is 4.96 Å². The molecule has 0 aliphatic carbocycles.